The average molecular weight is 455 g/mol. The van der Waals surface area contributed by atoms with Crippen LogP contribution >= 0.6 is 11.6 Å². The van der Waals surface area contributed by atoms with Gasteiger partial charge in [-0.05, 0) is 60.6 Å². The zero-order valence-corrected chi connectivity index (χ0v) is 19.4. The highest BCUT2D eigenvalue weighted by atomic mass is 35.5. The molecule has 6 heteroatoms. The van der Waals surface area contributed by atoms with Crippen LogP contribution in [0.15, 0.2) is 60.3 Å². The van der Waals surface area contributed by atoms with Crippen molar-refractivity contribution in [3.8, 4) is 12.1 Å². The minimum Gasteiger partial charge on any atom is -0.465 e. The molecule has 0 N–H and O–H groups in total. The number of nitrogens with zero attached hydrogens (tertiary/aromatic N) is 4. The van der Waals surface area contributed by atoms with Gasteiger partial charge in [-0.25, -0.2) is 4.98 Å². The van der Waals surface area contributed by atoms with Crippen LogP contribution < -0.4 is 4.74 Å². The third-order valence-corrected chi connectivity index (χ3v) is 6.40. The third kappa shape index (κ3) is 3.77. The highest BCUT2D eigenvalue weighted by molar-refractivity contribution is 6.34. The molecule has 5 nitrogen and oxygen atoms in total. The standard InChI is InChI=1S/C27H23ClN4O/c1-3-33-27-31-25-23(28)12-13-30-26(25)32(27)16-18-8-11-22-20(14-18)10-9-19-6-4-5-7-21(19)24(22)17(2)15-29/h4-8,11-14H,3,9-10,16H2,1-2H3/b24-17+. The molecule has 0 saturated carbocycles. The molecule has 0 bridgehead atoms. The van der Waals surface area contributed by atoms with E-state index in [1.165, 1.54) is 11.1 Å². The summed E-state index contributed by atoms with van der Waals surface area (Å²) < 4.78 is 7.76. The fourth-order valence-corrected chi connectivity index (χ4v) is 4.77. The molecular formula is C27H23ClN4O. The topological polar surface area (TPSA) is 63.7 Å². The number of pyridine rings is 1. The van der Waals surface area contributed by atoms with Crippen molar-refractivity contribution in [2.45, 2.75) is 33.2 Å². The molecule has 2 aromatic heterocycles. The van der Waals surface area contributed by atoms with Crippen LogP contribution in [0.4, 0.5) is 0 Å². The average Bonchev–Trinajstić information content (AvgIpc) is 3.08. The van der Waals surface area contributed by atoms with Crippen molar-refractivity contribution < 1.29 is 4.74 Å². The Balaban J connectivity index is 1.60. The Morgan fingerprint density at radius 2 is 1.91 bits per heavy atom. The molecule has 2 heterocycles. The molecule has 0 fully saturated rings. The molecule has 0 aliphatic heterocycles. The summed E-state index contributed by atoms with van der Waals surface area (Å²) in [5.41, 5.74) is 9.03. The predicted molar refractivity (Wildman–Crippen MR) is 130 cm³/mol. The Hall–Kier alpha value is -3.62. The maximum atomic E-state index is 9.71. The summed E-state index contributed by atoms with van der Waals surface area (Å²) in [4.78, 5) is 9.09. The van der Waals surface area contributed by atoms with Gasteiger partial charge < -0.3 is 4.74 Å². The molecule has 4 aromatic rings. The zero-order chi connectivity index (χ0) is 22.9. The molecule has 0 atom stereocenters. The maximum absolute atomic E-state index is 9.71. The van der Waals surface area contributed by atoms with Crippen molar-refractivity contribution in [3.05, 3.63) is 93.1 Å². The molecule has 33 heavy (non-hydrogen) atoms. The van der Waals surface area contributed by atoms with E-state index >= 15 is 0 Å². The van der Waals surface area contributed by atoms with Gasteiger partial charge in [0.2, 0.25) is 0 Å². The van der Waals surface area contributed by atoms with E-state index < -0.39 is 0 Å². The number of hydrogen-bond donors (Lipinski definition) is 0. The van der Waals surface area contributed by atoms with Crippen molar-refractivity contribution >= 4 is 28.3 Å². The first-order chi connectivity index (χ1) is 16.1. The fourth-order valence-electron chi connectivity index (χ4n) is 4.58. The third-order valence-electron chi connectivity index (χ3n) is 6.10. The Kier molecular flexibility index (Phi) is 5.62. The number of rotatable bonds is 4. The molecule has 0 saturated heterocycles. The number of aromatic nitrogens is 3. The number of nitriles is 1. The summed E-state index contributed by atoms with van der Waals surface area (Å²) in [5.74, 6) is 0. The zero-order valence-electron chi connectivity index (χ0n) is 18.6. The second kappa shape index (κ2) is 8.73. The quantitative estimate of drug-likeness (QED) is 0.356. The highest BCUT2D eigenvalue weighted by Gasteiger charge is 2.21. The van der Waals surface area contributed by atoms with Crippen molar-refractivity contribution in [3.63, 3.8) is 0 Å². The molecule has 0 unspecified atom stereocenters. The monoisotopic (exact) mass is 454 g/mol. The summed E-state index contributed by atoms with van der Waals surface area (Å²) in [7, 11) is 0. The smallest absolute Gasteiger partial charge is 0.298 e. The number of halogens is 1. The lowest BCUT2D eigenvalue weighted by atomic mass is 9.90. The lowest BCUT2D eigenvalue weighted by molar-refractivity contribution is 0.301. The van der Waals surface area contributed by atoms with Crippen LogP contribution in [0.25, 0.3) is 16.7 Å². The van der Waals surface area contributed by atoms with Gasteiger partial charge in [-0.1, -0.05) is 54.1 Å². The molecule has 1 aliphatic rings. The number of aryl methyl sites for hydroxylation is 2. The highest BCUT2D eigenvalue weighted by Crippen LogP contribution is 2.36. The van der Waals surface area contributed by atoms with Crippen LogP contribution in [-0.2, 0) is 19.4 Å². The minimum atomic E-state index is 0.505. The van der Waals surface area contributed by atoms with Gasteiger partial charge in [0, 0.05) is 17.3 Å². The normalized spacial score (nSPS) is 14.2. The van der Waals surface area contributed by atoms with E-state index in [0.717, 1.165) is 40.7 Å². The SMILES string of the molecule is CCOc1nc2c(Cl)ccnc2n1Cc1ccc2c(c1)CCc1ccccc1/C2=C(/C)C#N. The first kappa shape index (κ1) is 21.2. The second-order valence-electron chi connectivity index (χ2n) is 8.14. The van der Waals surface area contributed by atoms with E-state index in [2.05, 4.69) is 52.4 Å². The Morgan fingerprint density at radius 3 is 2.73 bits per heavy atom. The van der Waals surface area contributed by atoms with Crippen molar-refractivity contribution in [1.82, 2.24) is 14.5 Å². The van der Waals surface area contributed by atoms with Crippen molar-refractivity contribution in [2.75, 3.05) is 6.61 Å². The number of fused-ring (bicyclic) bond motifs is 3. The van der Waals surface area contributed by atoms with Crippen LogP contribution in [-0.4, -0.2) is 21.1 Å². The van der Waals surface area contributed by atoms with Crippen LogP contribution in [0.1, 0.15) is 41.7 Å². The van der Waals surface area contributed by atoms with E-state index in [4.69, 9.17) is 16.3 Å². The largest absolute Gasteiger partial charge is 0.465 e. The summed E-state index contributed by atoms with van der Waals surface area (Å²) in [6.07, 6.45) is 3.54. The summed E-state index contributed by atoms with van der Waals surface area (Å²) in [6, 6.07) is 19.5. The number of imidazole rings is 1. The van der Waals surface area contributed by atoms with E-state index in [1.807, 2.05) is 24.5 Å². The van der Waals surface area contributed by atoms with Crippen molar-refractivity contribution in [1.29, 1.82) is 5.26 Å². The Bertz CT molecular complexity index is 1440. The first-order valence-electron chi connectivity index (χ1n) is 11.1. The van der Waals surface area contributed by atoms with Gasteiger partial charge in [-0.3, -0.25) is 4.57 Å². The maximum Gasteiger partial charge on any atom is 0.298 e. The van der Waals surface area contributed by atoms with Gasteiger partial charge in [-0.15, -0.1) is 0 Å². The van der Waals surface area contributed by atoms with Crippen LogP contribution in [0.5, 0.6) is 6.01 Å². The van der Waals surface area contributed by atoms with E-state index in [9.17, 15) is 5.26 Å². The van der Waals surface area contributed by atoms with Gasteiger partial charge in [0.1, 0.15) is 5.52 Å². The van der Waals surface area contributed by atoms with Gasteiger partial charge in [-0.2, -0.15) is 10.2 Å². The van der Waals surface area contributed by atoms with E-state index in [1.54, 1.807) is 12.3 Å². The summed E-state index contributed by atoms with van der Waals surface area (Å²) >= 11 is 6.36. The van der Waals surface area contributed by atoms with Gasteiger partial charge in [0.05, 0.1) is 24.2 Å². The van der Waals surface area contributed by atoms with Crippen LogP contribution in [0, 0.1) is 11.3 Å². The number of hydrogen-bond acceptors (Lipinski definition) is 4. The lowest BCUT2D eigenvalue weighted by Gasteiger charge is -2.15. The molecule has 0 amide bonds. The first-order valence-corrected chi connectivity index (χ1v) is 11.4. The van der Waals surface area contributed by atoms with Crippen molar-refractivity contribution in [2.24, 2.45) is 0 Å². The van der Waals surface area contributed by atoms with E-state index in [0.29, 0.717) is 35.3 Å². The predicted octanol–water partition coefficient (Wildman–Crippen LogP) is 5.98. The molecule has 5 rings (SSSR count). The Morgan fingerprint density at radius 1 is 1.12 bits per heavy atom. The molecule has 1 aliphatic carbocycles. The molecule has 0 radical (unpaired) electrons. The lowest BCUT2D eigenvalue weighted by Crippen LogP contribution is -2.06. The minimum absolute atomic E-state index is 0.505. The van der Waals surface area contributed by atoms with Gasteiger partial charge in [0.25, 0.3) is 6.01 Å². The Labute approximate surface area is 197 Å². The van der Waals surface area contributed by atoms with Crippen LogP contribution in [0.3, 0.4) is 0 Å². The molecular weight excluding hydrogens is 432 g/mol. The number of benzene rings is 2. The number of allylic oxidation sites excluding steroid dienone is 1. The van der Waals surface area contributed by atoms with Gasteiger partial charge >= 0.3 is 0 Å². The molecule has 0 spiro atoms. The molecule has 164 valence electrons. The van der Waals surface area contributed by atoms with E-state index in [-0.39, 0.29) is 0 Å². The summed E-state index contributed by atoms with van der Waals surface area (Å²) in [6.45, 7) is 4.90. The number of ether oxygens (including phenoxy) is 1. The second-order valence-corrected chi connectivity index (χ2v) is 8.55. The van der Waals surface area contributed by atoms with Gasteiger partial charge in [0.15, 0.2) is 5.65 Å². The fraction of sp³-hybridized carbons (Fsp3) is 0.222. The molecule has 2 aromatic carbocycles. The van der Waals surface area contributed by atoms with Crippen LogP contribution in [0.2, 0.25) is 5.02 Å². The summed E-state index contributed by atoms with van der Waals surface area (Å²) in [5, 5.41) is 10.3.